The molecule has 0 amide bonds. The normalized spacial score (nSPS) is 11.3. The summed E-state index contributed by atoms with van der Waals surface area (Å²) in [5.74, 6) is 0.773. The number of aromatic nitrogens is 5. The number of hydrogen-bond donors (Lipinski definition) is 1. The first kappa shape index (κ1) is 15.0. The van der Waals surface area contributed by atoms with Crippen molar-refractivity contribution in [2.24, 2.45) is 7.05 Å². The summed E-state index contributed by atoms with van der Waals surface area (Å²) in [6, 6.07) is 12.3. The monoisotopic (exact) mass is 358 g/mol. The summed E-state index contributed by atoms with van der Waals surface area (Å²) in [7, 11) is 1.91. The van der Waals surface area contributed by atoms with E-state index in [1.165, 1.54) is 4.70 Å². The van der Waals surface area contributed by atoms with Gasteiger partial charge in [-0.3, -0.25) is 4.68 Å². The molecule has 26 heavy (non-hydrogen) atoms. The molecule has 0 saturated carbocycles. The smallest absolute Gasteiger partial charge is 0.141 e. The highest BCUT2D eigenvalue weighted by molar-refractivity contribution is 7.16. The number of rotatable bonds is 3. The first-order chi connectivity index (χ1) is 12.8. The fourth-order valence-electron chi connectivity index (χ4n) is 2.98. The second kappa shape index (κ2) is 5.89. The number of nitrogens with zero attached hydrogens (tertiary/aromatic N) is 5. The molecule has 0 bridgehead atoms. The fourth-order valence-corrected chi connectivity index (χ4v) is 3.64. The summed E-state index contributed by atoms with van der Waals surface area (Å²) in [5, 5.41) is 8.62. The first-order valence-corrected chi connectivity index (χ1v) is 8.98. The van der Waals surface area contributed by atoms with Crippen LogP contribution < -0.4 is 5.32 Å². The number of aryl methyl sites for hydroxylation is 1. The van der Waals surface area contributed by atoms with E-state index in [1.807, 2.05) is 43.2 Å². The molecule has 3 aromatic heterocycles. The van der Waals surface area contributed by atoms with Gasteiger partial charge in [-0.15, -0.1) is 11.3 Å². The molecule has 0 aliphatic heterocycles. The van der Waals surface area contributed by atoms with Gasteiger partial charge in [-0.25, -0.2) is 15.0 Å². The number of anilines is 2. The minimum absolute atomic E-state index is 0.773. The third-order valence-corrected chi connectivity index (χ3v) is 5.08. The molecule has 0 aliphatic rings. The van der Waals surface area contributed by atoms with E-state index in [0.29, 0.717) is 0 Å². The Morgan fingerprint density at radius 2 is 1.92 bits per heavy atom. The highest BCUT2D eigenvalue weighted by atomic mass is 32.1. The Labute approximate surface area is 153 Å². The lowest BCUT2D eigenvalue weighted by molar-refractivity contribution is 0.768. The predicted molar refractivity (Wildman–Crippen MR) is 105 cm³/mol. The fraction of sp³-hybridized carbons (Fsp3) is 0.0526. The second-order valence-electron chi connectivity index (χ2n) is 6.02. The van der Waals surface area contributed by atoms with Crippen molar-refractivity contribution in [3.05, 3.63) is 60.6 Å². The van der Waals surface area contributed by atoms with E-state index in [9.17, 15) is 0 Å². The highest BCUT2D eigenvalue weighted by Crippen LogP contribution is 2.29. The number of thiazole rings is 1. The molecule has 0 saturated heterocycles. The molecule has 5 rings (SSSR count). The molecule has 3 heterocycles. The summed E-state index contributed by atoms with van der Waals surface area (Å²) >= 11 is 1.63. The number of nitrogens with one attached hydrogen (secondary N) is 1. The van der Waals surface area contributed by atoms with Crippen molar-refractivity contribution in [2.75, 3.05) is 5.32 Å². The third kappa shape index (κ3) is 2.58. The molecule has 126 valence electrons. The molecule has 0 aliphatic carbocycles. The maximum atomic E-state index is 4.45. The van der Waals surface area contributed by atoms with Crippen LogP contribution in [0.5, 0.6) is 0 Å². The number of hydrogen-bond acceptors (Lipinski definition) is 6. The lowest BCUT2D eigenvalue weighted by Crippen LogP contribution is -1.96. The van der Waals surface area contributed by atoms with Gasteiger partial charge in [0.05, 0.1) is 27.4 Å². The summed E-state index contributed by atoms with van der Waals surface area (Å²) < 4.78 is 2.96. The van der Waals surface area contributed by atoms with Crippen molar-refractivity contribution in [2.45, 2.75) is 0 Å². The van der Waals surface area contributed by atoms with E-state index < -0.39 is 0 Å². The molecule has 6 nitrogen and oxygen atoms in total. The molecule has 5 aromatic rings. The van der Waals surface area contributed by atoms with Gasteiger partial charge in [0.1, 0.15) is 12.1 Å². The summed E-state index contributed by atoms with van der Waals surface area (Å²) in [6.07, 6.45) is 5.43. The van der Waals surface area contributed by atoms with Gasteiger partial charge < -0.3 is 5.32 Å². The molecular formula is C19H14N6S. The maximum absolute atomic E-state index is 4.45. The predicted octanol–water partition coefficient (Wildman–Crippen LogP) is 4.38. The van der Waals surface area contributed by atoms with Crippen molar-refractivity contribution < 1.29 is 0 Å². The Bertz CT molecular complexity index is 1240. The molecule has 0 unspecified atom stereocenters. The van der Waals surface area contributed by atoms with Gasteiger partial charge in [0.25, 0.3) is 0 Å². The summed E-state index contributed by atoms with van der Waals surface area (Å²) in [6.45, 7) is 0. The summed E-state index contributed by atoms with van der Waals surface area (Å²) in [4.78, 5) is 13.2. The van der Waals surface area contributed by atoms with Crippen LogP contribution in [0.4, 0.5) is 11.5 Å². The minimum atomic E-state index is 0.773. The van der Waals surface area contributed by atoms with Crippen LogP contribution in [0.1, 0.15) is 0 Å². The van der Waals surface area contributed by atoms with Crippen LogP contribution in [0.15, 0.2) is 60.6 Å². The van der Waals surface area contributed by atoms with Crippen LogP contribution in [0.2, 0.25) is 0 Å². The molecular weight excluding hydrogens is 344 g/mol. The standard InChI is InChI=1S/C19H14N6S/c1-25-9-13(8-23-25)12-2-4-16-15(6-12)19(21-10-20-16)24-14-3-5-18-17(7-14)22-11-26-18/h2-11H,1H3,(H,20,21,24). The summed E-state index contributed by atoms with van der Waals surface area (Å²) in [5.41, 5.74) is 6.83. The lowest BCUT2D eigenvalue weighted by Gasteiger charge is -2.09. The Kier molecular flexibility index (Phi) is 3.39. The molecule has 0 atom stereocenters. The largest absolute Gasteiger partial charge is 0.340 e. The molecule has 1 N–H and O–H groups in total. The van der Waals surface area contributed by atoms with E-state index >= 15 is 0 Å². The first-order valence-electron chi connectivity index (χ1n) is 8.10. The maximum Gasteiger partial charge on any atom is 0.141 e. The van der Waals surface area contributed by atoms with Crippen molar-refractivity contribution in [3.8, 4) is 11.1 Å². The van der Waals surface area contributed by atoms with Crippen molar-refractivity contribution in [3.63, 3.8) is 0 Å². The SMILES string of the molecule is Cn1cc(-c2ccc3ncnc(Nc4ccc5scnc5c4)c3c2)cn1. The zero-order valence-corrected chi connectivity index (χ0v) is 14.7. The van der Waals surface area contributed by atoms with Crippen LogP contribution in [0.25, 0.3) is 32.2 Å². The van der Waals surface area contributed by atoms with E-state index in [0.717, 1.165) is 39.1 Å². The van der Waals surface area contributed by atoms with Crippen LogP contribution in [-0.2, 0) is 7.05 Å². The van der Waals surface area contributed by atoms with Gasteiger partial charge in [-0.05, 0) is 35.9 Å². The van der Waals surface area contributed by atoms with Crippen molar-refractivity contribution in [1.29, 1.82) is 0 Å². The average molecular weight is 358 g/mol. The van der Waals surface area contributed by atoms with E-state index in [4.69, 9.17) is 0 Å². The van der Waals surface area contributed by atoms with Gasteiger partial charge in [-0.1, -0.05) is 6.07 Å². The second-order valence-corrected chi connectivity index (χ2v) is 6.90. The zero-order valence-electron chi connectivity index (χ0n) is 13.9. The Hall–Kier alpha value is -3.32. The number of benzene rings is 2. The van der Waals surface area contributed by atoms with E-state index in [-0.39, 0.29) is 0 Å². The third-order valence-electron chi connectivity index (χ3n) is 4.27. The molecule has 0 radical (unpaired) electrons. The quantitative estimate of drug-likeness (QED) is 0.518. The van der Waals surface area contributed by atoms with Crippen LogP contribution >= 0.6 is 11.3 Å². The lowest BCUT2D eigenvalue weighted by atomic mass is 10.1. The average Bonchev–Trinajstić information content (AvgIpc) is 3.30. The zero-order chi connectivity index (χ0) is 17.5. The van der Waals surface area contributed by atoms with Crippen LogP contribution in [0, 0.1) is 0 Å². The van der Waals surface area contributed by atoms with E-state index in [2.05, 4.69) is 43.6 Å². The molecule has 0 spiro atoms. The van der Waals surface area contributed by atoms with Crippen molar-refractivity contribution in [1.82, 2.24) is 24.7 Å². The molecule has 2 aromatic carbocycles. The number of fused-ring (bicyclic) bond motifs is 2. The molecule has 0 fully saturated rings. The van der Waals surface area contributed by atoms with Crippen LogP contribution in [-0.4, -0.2) is 24.7 Å². The van der Waals surface area contributed by atoms with Crippen LogP contribution in [0.3, 0.4) is 0 Å². The van der Waals surface area contributed by atoms with Gasteiger partial charge in [0.15, 0.2) is 0 Å². The van der Waals surface area contributed by atoms with Gasteiger partial charge in [-0.2, -0.15) is 5.10 Å². The van der Waals surface area contributed by atoms with Gasteiger partial charge in [0, 0.05) is 29.9 Å². The highest BCUT2D eigenvalue weighted by Gasteiger charge is 2.08. The Balaban J connectivity index is 1.59. The minimum Gasteiger partial charge on any atom is -0.340 e. The topological polar surface area (TPSA) is 68.5 Å². The van der Waals surface area contributed by atoms with E-state index in [1.54, 1.807) is 22.3 Å². The molecule has 7 heteroatoms. The van der Waals surface area contributed by atoms with Crippen molar-refractivity contribution >= 4 is 44.0 Å². The Morgan fingerprint density at radius 3 is 2.81 bits per heavy atom. The van der Waals surface area contributed by atoms with Gasteiger partial charge >= 0.3 is 0 Å². The van der Waals surface area contributed by atoms with Gasteiger partial charge in [0.2, 0.25) is 0 Å². The Morgan fingerprint density at radius 1 is 0.962 bits per heavy atom.